The van der Waals surface area contributed by atoms with Crippen LogP contribution in [0.1, 0.15) is 45.4 Å². The highest BCUT2D eigenvalue weighted by atomic mass is 16.3. The fourth-order valence-electron chi connectivity index (χ4n) is 3.29. The molecule has 1 aliphatic heterocycles. The van der Waals surface area contributed by atoms with Crippen molar-refractivity contribution in [1.82, 2.24) is 10.2 Å². The summed E-state index contributed by atoms with van der Waals surface area (Å²) in [5.74, 6) is 0.686. The molecule has 4 nitrogen and oxygen atoms in total. The molecule has 0 radical (unpaired) electrons. The van der Waals surface area contributed by atoms with Crippen LogP contribution in [0.25, 0.3) is 0 Å². The molecule has 0 unspecified atom stereocenters. The predicted octanol–water partition coefficient (Wildman–Crippen LogP) is 1.14. The maximum Gasteiger partial charge on any atom is 0.216 e. The number of nitrogens with one attached hydrogen (secondary N) is 1. The third kappa shape index (κ3) is 3.69. The fraction of sp³-hybridized carbons (Fsp3) is 0.929. The van der Waals surface area contributed by atoms with Gasteiger partial charge in [0.15, 0.2) is 0 Å². The SMILES string of the molecule is CC(=O)NCC1CCN([C@H]2CCCC[C@@H]2O)CC1. The number of carbonyl (C=O) groups is 1. The number of likely N-dealkylation sites (tertiary alicyclic amines) is 1. The lowest BCUT2D eigenvalue weighted by Gasteiger charge is -2.41. The Hall–Kier alpha value is -0.610. The Morgan fingerprint density at radius 1 is 1.22 bits per heavy atom. The Morgan fingerprint density at radius 3 is 2.50 bits per heavy atom. The summed E-state index contributed by atoms with van der Waals surface area (Å²) < 4.78 is 0. The van der Waals surface area contributed by atoms with E-state index in [1.807, 2.05) is 0 Å². The average Bonchev–Trinajstić information content (AvgIpc) is 2.38. The van der Waals surface area contributed by atoms with Crippen molar-refractivity contribution >= 4 is 5.91 Å². The topological polar surface area (TPSA) is 52.6 Å². The van der Waals surface area contributed by atoms with Crippen molar-refractivity contribution in [3.63, 3.8) is 0 Å². The van der Waals surface area contributed by atoms with Gasteiger partial charge in [0, 0.05) is 19.5 Å². The molecule has 1 aliphatic carbocycles. The number of hydrogen-bond donors (Lipinski definition) is 2. The maximum absolute atomic E-state index is 10.9. The Bertz CT molecular complexity index is 275. The molecular weight excluding hydrogens is 228 g/mol. The second kappa shape index (κ2) is 6.53. The normalized spacial score (nSPS) is 31.2. The summed E-state index contributed by atoms with van der Waals surface area (Å²) in [6.45, 7) is 4.54. The first-order valence-corrected chi connectivity index (χ1v) is 7.33. The van der Waals surface area contributed by atoms with E-state index < -0.39 is 0 Å². The Morgan fingerprint density at radius 2 is 1.89 bits per heavy atom. The van der Waals surface area contributed by atoms with Crippen molar-refractivity contribution in [3.8, 4) is 0 Å². The van der Waals surface area contributed by atoms with E-state index in [4.69, 9.17) is 0 Å². The van der Waals surface area contributed by atoms with E-state index in [0.29, 0.717) is 12.0 Å². The summed E-state index contributed by atoms with van der Waals surface area (Å²) in [6.07, 6.45) is 6.72. The van der Waals surface area contributed by atoms with Crippen molar-refractivity contribution in [2.45, 2.75) is 57.6 Å². The van der Waals surface area contributed by atoms with Gasteiger partial charge in [-0.25, -0.2) is 0 Å². The zero-order chi connectivity index (χ0) is 13.0. The van der Waals surface area contributed by atoms with Crippen LogP contribution in [0.4, 0.5) is 0 Å². The number of rotatable bonds is 3. The average molecular weight is 254 g/mol. The molecule has 2 N–H and O–H groups in total. The number of aliphatic hydroxyl groups is 1. The summed E-state index contributed by atoms with van der Waals surface area (Å²) in [6, 6.07) is 0.389. The third-order valence-corrected chi connectivity index (χ3v) is 4.45. The van der Waals surface area contributed by atoms with Crippen LogP contribution >= 0.6 is 0 Å². The van der Waals surface area contributed by atoms with Gasteiger partial charge < -0.3 is 10.4 Å². The minimum atomic E-state index is -0.120. The van der Waals surface area contributed by atoms with Gasteiger partial charge in [-0.2, -0.15) is 0 Å². The number of hydrogen-bond acceptors (Lipinski definition) is 3. The van der Waals surface area contributed by atoms with E-state index in [1.165, 1.54) is 12.8 Å². The largest absolute Gasteiger partial charge is 0.391 e. The lowest BCUT2D eigenvalue weighted by molar-refractivity contribution is -0.119. The molecule has 2 atom stereocenters. The molecule has 104 valence electrons. The molecule has 1 saturated carbocycles. The molecule has 1 amide bonds. The van der Waals surface area contributed by atoms with Gasteiger partial charge >= 0.3 is 0 Å². The highest BCUT2D eigenvalue weighted by Gasteiger charge is 2.31. The zero-order valence-corrected chi connectivity index (χ0v) is 11.4. The van der Waals surface area contributed by atoms with Crippen molar-refractivity contribution in [1.29, 1.82) is 0 Å². The van der Waals surface area contributed by atoms with Gasteiger partial charge in [0.1, 0.15) is 0 Å². The van der Waals surface area contributed by atoms with Crippen LogP contribution in [0.15, 0.2) is 0 Å². The number of amides is 1. The summed E-state index contributed by atoms with van der Waals surface area (Å²) >= 11 is 0. The van der Waals surface area contributed by atoms with Gasteiger partial charge in [0.05, 0.1) is 6.10 Å². The summed E-state index contributed by atoms with van der Waals surface area (Å²) in [5, 5.41) is 13.0. The second-order valence-corrected chi connectivity index (χ2v) is 5.84. The minimum Gasteiger partial charge on any atom is -0.391 e. The van der Waals surface area contributed by atoms with Crippen molar-refractivity contribution in [3.05, 3.63) is 0 Å². The third-order valence-electron chi connectivity index (χ3n) is 4.45. The lowest BCUT2D eigenvalue weighted by atomic mass is 9.88. The smallest absolute Gasteiger partial charge is 0.216 e. The molecular formula is C14H26N2O2. The van der Waals surface area contributed by atoms with Gasteiger partial charge in [0.25, 0.3) is 0 Å². The van der Waals surface area contributed by atoms with E-state index in [9.17, 15) is 9.90 Å². The van der Waals surface area contributed by atoms with E-state index in [0.717, 1.165) is 45.3 Å². The first-order chi connectivity index (χ1) is 8.66. The van der Waals surface area contributed by atoms with Crippen LogP contribution < -0.4 is 5.32 Å². The Labute approximate surface area is 110 Å². The number of aliphatic hydroxyl groups excluding tert-OH is 1. The zero-order valence-electron chi connectivity index (χ0n) is 11.4. The number of piperidine rings is 1. The van der Waals surface area contributed by atoms with Crippen LogP contribution in [0.3, 0.4) is 0 Å². The van der Waals surface area contributed by atoms with Gasteiger partial charge in [-0.1, -0.05) is 12.8 Å². The lowest BCUT2D eigenvalue weighted by Crippen LogP contribution is -2.49. The van der Waals surface area contributed by atoms with Gasteiger partial charge in [0.2, 0.25) is 5.91 Å². The quantitative estimate of drug-likeness (QED) is 0.794. The predicted molar refractivity (Wildman–Crippen MR) is 71.2 cm³/mol. The summed E-state index contributed by atoms with van der Waals surface area (Å²) in [5.41, 5.74) is 0. The molecule has 0 spiro atoms. The van der Waals surface area contributed by atoms with Crippen LogP contribution in [-0.2, 0) is 4.79 Å². The highest BCUT2D eigenvalue weighted by Crippen LogP contribution is 2.27. The monoisotopic (exact) mass is 254 g/mol. The second-order valence-electron chi connectivity index (χ2n) is 5.84. The van der Waals surface area contributed by atoms with E-state index in [1.54, 1.807) is 6.92 Å². The van der Waals surface area contributed by atoms with E-state index >= 15 is 0 Å². The molecule has 0 bridgehead atoms. The molecule has 2 aliphatic rings. The van der Waals surface area contributed by atoms with Crippen molar-refractivity contribution in [2.24, 2.45) is 5.92 Å². The Balaban J connectivity index is 1.74. The van der Waals surface area contributed by atoms with Crippen molar-refractivity contribution < 1.29 is 9.90 Å². The number of carbonyl (C=O) groups excluding carboxylic acids is 1. The summed E-state index contributed by atoms with van der Waals surface area (Å²) in [7, 11) is 0. The molecule has 1 heterocycles. The molecule has 0 aromatic carbocycles. The fourth-order valence-corrected chi connectivity index (χ4v) is 3.29. The highest BCUT2D eigenvalue weighted by molar-refractivity contribution is 5.72. The maximum atomic E-state index is 10.9. The first-order valence-electron chi connectivity index (χ1n) is 7.33. The van der Waals surface area contributed by atoms with Gasteiger partial charge in [-0.05, 0) is 44.7 Å². The minimum absolute atomic E-state index is 0.0696. The van der Waals surface area contributed by atoms with Crippen LogP contribution in [-0.4, -0.2) is 47.7 Å². The molecule has 0 aromatic heterocycles. The van der Waals surface area contributed by atoms with E-state index in [2.05, 4.69) is 10.2 Å². The molecule has 1 saturated heterocycles. The van der Waals surface area contributed by atoms with Crippen LogP contribution in [0.2, 0.25) is 0 Å². The number of nitrogens with zero attached hydrogens (tertiary/aromatic N) is 1. The molecule has 4 heteroatoms. The van der Waals surface area contributed by atoms with Gasteiger partial charge in [-0.3, -0.25) is 9.69 Å². The molecule has 0 aromatic rings. The molecule has 2 fully saturated rings. The molecule has 18 heavy (non-hydrogen) atoms. The van der Waals surface area contributed by atoms with Gasteiger partial charge in [-0.15, -0.1) is 0 Å². The first kappa shape index (κ1) is 13.8. The standard InChI is InChI=1S/C14H26N2O2/c1-11(17)15-10-12-6-8-16(9-7-12)13-4-2-3-5-14(13)18/h12-14,18H,2-10H2,1H3,(H,15,17)/t13-,14-/m0/s1. The van der Waals surface area contributed by atoms with E-state index in [-0.39, 0.29) is 12.0 Å². The summed E-state index contributed by atoms with van der Waals surface area (Å²) in [4.78, 5) is 13.4. The van der Waals surface area contributed by atoms with Crippen LogP contribution in [0, 0.1) is 5.92 Å². The Kier molecular flexibility index (Phi) is 5.01. The molecule has 2 rings (SSSR count). The van der Waals surface area contributed by atoms with Crippen LogP contribution in [0.5, 0.6) is 0 Å². The van der Waals surface area contributed by atoms with Crippen molar-refractivity contribution in [2.75, 3.05) is 19.6 Å².